The molecule has 1 atom stereocenters. The molecule has 1 saturated heterocycles. The lowest BCUT2D eigenvalue weighted by atomic mass is 10.0. The third kappa shape index (κ3) is 3.64. The Hall–Kier alpha value is -0.710. The standard InChI is InChI=1S/C14H21NO2S/c1-11(2)15(8-13-4-3-7-18-13)9-14(16)12-5-6-17-10-12/h3-4,7,11-12H,5-6,8-10H2,1-2H3. The number of Topliss-reactive ketones (excluding diaryl/α,β-unsaturated/α-hetero) is 1. The number of hydrogen-bond donors (Lipinski definition) is 0. The predicted molar refractivity (Wildman–Crippen MR) is 73.8 cm³/mol. The predicted octanol–water partition coefficient (Wildman–Crippen LogP) is 2.56. The van der Waals surface area contributed by atoms with Crippen LogP contribution in [-0.2, 0) is 16.1 Å². The monoisotopic (exact) mass is 267 g/mol. The topological polar surface area (TPSA) is 29.5 Å². The van der Waals surface area contributed by atoms with Crippen LogP contribution in [-0.4, -0.2) is 36.5 Å². The van der Waals surface area contributed by atoms with Gasteiger partial charge in [-0.1, -0.05) is 6.07 Å². The van der Waals surface area contributed by atoms with Gasteiger partial charge in [-0.15, -0.1) is 11.3 Å². The summed E-state index contributed by atoms with van der Waals surface area (Å²) in [5.74, 6) is 0.451. The van der Waals surface area contributed by atoms with Crippen molar-refractivity contribution in [2.75, 3.05) is 19.8 Å². The molecule has 2 rings (SSSR count). The third-order valence-electron chi connectivity index (χ3n) is 3.41. The summed E-state index contributed by atoms with van der Waals surface area (Å²) in [5, 5.41) is 2.08. The highest BCUT2D eigenvalue weighted by molar-refractivity contribution is 7.09. The molecule has 3 nitrogen and oxygen atoms in total. The van der Waals surface area contributed by atoms with Crippen molar-refractivity contribution >= 4 is 17.1 Å². The average Bonchev–Trinajstić information content (AvgIpc) is 3.00. The van der Waals surface area contributed by atoms with Gasteiger partial charge in [-0.2, -0.15) is 0 Å². The van der Waals surface area contributed by atoms with E-state index < -0.39 is 0 Å². The fourth-order valence-corrected chi connectivity index (χ4v) is 2.87. The van der Waals surface area contributed by atoms with Crippen molar-refractivity contribution in [1.29, 1.82) is 0 Å². The van der Waals surface area contributed by atoms with Crippen molar-refractivity contribution in [2.45, 2.75) is 32.9 Å². The number of rotatable bonds is 6. The highest BCUT2D eigenvalue weighted by Gasteiger charge is 2.25. The van der Waals surface area contributed by atoms with E-state index in [1.807, 2.05) is 0 Å². The maximum atomic E-state index is 12.2. The number of ketones is 1. The molecule has 0 saturated carbocycles. The molecular formula is C14H21NO2S. The van der Waals surface area contributed by atoms with Crippen molar-refractivity contribution in [3.05, 3.63) is 22.4 Å². The van der Waals surface area contributed by atoms with Crippen molar-refractivity contribution in [2.24, 2.45) is 5.92 Å². The molecule has 1 aromatic heterocycles. The number of carbonyl (C=O) groups is 1. The summed E-state index contributed by atoms with van der Waals surface area (Å²) in [6, 6.07) is 4.58. The summed E-state index contributed by atoms with van der Waals surface area (Å²) >= 11 is 1.75. The van der Waals surface area contributed by atoms with Crippen molar-refractivity contribution in [3.63, 3.8) is 0 Å². The molecular weight excluding hydrogens is 246 g/mol. The second kappa shape index (κ2) is 6.45. The SMILES string of the molecule is CC(C)N(CC(=O)C1CCOC1)Cc1cccs1. The van der Waals surface area contributed by atoms with Gasteiger partial charge in [0.1, 0.15) is 0 Å². The fraction of sp³-hybridized carbons (Fsp3) is 0.643. The number of carbonyl (C=O) groups excluding carboxylic acids is 1. The smallest absolute Gasteiger partial charge is 0.152 e. The third-order valence-corrected chi connectivity index (χ3v) is 4.27. The average molecular weight is 267 g/mol. The molecule has 0 aromatic carbocycles. The van der Waals surface area contributed by atoms with Gasteiger partial charge in [0.2, 0.25) is 0 Å². The molecule has 1 unspecified atom stereocenters. The van der Waals surface area contributed by atoms with Crippen LogP contribution in [0.2, 0.25) is 0 Å². The van der Waals surface area contributed by atoms with Crippen LogP contribution in [0.1, 0.15) is 25.1 Å². The Labute approximate surface area is 113 Å². The minimum Gasteiger partial charge on any atom is -0.381 e. The molecule has 1 fully saturated rings. The normalized spacial score (nSPS) is 19.9. The van der Waals surface area contributed by atoms with E-state index in [2.05, 4.69) is 36.3 Å². The minimum atomic E-state index is 0.120. The molecule has 0 bridgehead atoms. The molecule has 0 N–H and O–H groups in total. The highest BCUT2D eigenvalue weighted by Crippen LogP contribution is 2.17. The molecule has 100 valence electrons. The molecule has 18 heavy (non-hydrogen) atoms. The van der Waals surface area contributed by atoms with Gasteiger partial charge in [-0.3, -0.25) is 9.69 Å². The quantitative estimate of drug-likeness (QED) is 0.793. The van der Waals surface area contributed by atoms with Crippen molar-refractivity contribution in [1.82, 2.24) is 4.90 Å². The first-order chi connectivity index (χ1) is 8.66. The minimum absolute atomic E-state index is 0.120. The molecule has 0 amide bonds. The van der Waals surface area contributed by atoms with Crippen molar-refractivity contribution < 1.29 is 9.53 Å². The maximum absolute atomic E-state index is 12.2. The van der Waals surface area contributed by atoms with Crippen molar-refractivity contribution in [3.8, 4) is 0 Å². The maximum Gasteiger partial charge on any atom is 0.152 e. The van der Waals surface area contributed by atoms with Crippen LogP contribution in [0.3, 0.4) is 0 Å². The number of hydrogen-bond acceptors (Lipinski definition) is 4. The Bertz CT molecular complexity index is 369. The molecule has 0 aliphatic carbocycles. The Balaban J connectivity index is 1.91. The van der Waals surface area contributed by atoms with E-state index in [1.165, 1.54) is 4.88 Å². The van der Waals surface area contributed by atoms with Crippen LogP contribution in [0, 0.1) is 5.92 Å². The van der Waals surface area contributed by atoms with Gasteiger partial charge in [-0.25, -0.2) is 0 Å². The van der Waals surface area contributed by atoms with E-state index in [0.717, 1.165) is 19.6 Å². The molecule has 4 heteroatoms. The zero-order valence-corrected chi connectivity index (χ0v) is 11.9. The molecule has 0 radical (unpaired) electrons. The molecule has 2 heterocycles. The summed E-state index contributed by atoms with van der Waals surface area (Å²) in [5.41, 5.74) is 0. The van der Waals surface area contributed by atoms with Gasteiger partial charge in [0.05, 0.1) is 13.2 Å². The summed E-state index contributed by atoms with van der Waals surface area (Å²) in [4.78, 5) is 15.7. The van der Waals surface area contributed by atoms with Crippen LogP contribution in [0.15, 0.2) is 17.5 Å². The molecule has 1 aliphatic rings. The number of nitrogens with zero attached hydrogens (tertiary/aromatic N) is 1. The van der Waals surface area contributed by atoms with E-state index in [9.17, 15) is 4.79 Å². The van der Waals surface area contributed by atoms with E-state index in [1.54, 1.807) is 11.3 Å². The van der Waals surface area contributed by atoms with E-state index in [-0.39, 0.29) is 5.92 Å². The lowest BCUT2D eigenvalue weighted by Gasteiger charge is -2.26. The zero-order chi connectivity index (χ0) is 13.0. The highest BCUT2D eigenvalue weighted by atomic mass is 32.1. The first kappa shape index (κ1) is 13.7. The van der Waals surface area contributed by atoms with Crippen LogP contribution in [0.5, 0.6) is 0 Å². The number of thiophene rings is 1. The zero-order valence-electron chi connectivity index (χ0n) is 11.1. The summed E-state index contributed by atoms with van der Waals surface area (Å²) in [6.45, 7) is 7.06. The van der Waals surface area contributed by atoms with Gasteiger partial charge >= 0.3 is 0 Å². The van der Waals surface area contributed by atoms with Gasteiger partial charge < -0.3 is 4.74 Å². The van der Waals surface area contributed by atoms with Gasteiger partial charge in [-0.05, 0) is 31.7 Å². The first-order valence-electron chi connectivity index (χ1n) is 6.53. The fourth-order valence-electron chi connectivity index (χ4n) is 2.14. The lowest BCUT2D eigenvalue weighted by Crippen LogP contribution is -2.37. The van der Waals surface area contributed by atoms with Crippen LogP contribution in [0.4, 0.5) is 0 Å². The van der Waals surface area contributed by atoms with Gasteiger partial charge in [0, 0.05) is 30.0 Å². The van der Waals surface area contributed by atoms with Crippen LogP contribution >= 0.6 is 11.3 Å². The largest absolute Gasteiger partial charge is 0.381 e. The van der Waals surface area contributed by atoms with Crippen LogP contribution in [0.25, 0.3) is 0 Å². The Morgan fingerprint density at radius 3 is 3.00 bits per heavy atom. The van der Waals surface area contributed by atoms with E-state index in [0.29, 0.717) is 25.0 Å². The van der Waals surface area contributed by atoms with Gasteiger partial charge in [0.25, 0.3) is 0 Å². The summed E-state index contributed by atoms with van der Waals surface area (Å²) in [7, 11) is 0. The molecule has 1 aliphatic heterocycles. The van der Waals surface area contributed by atoms with E-state index in [4.69, 9.17) is 4.74 Å². The molecule has 1 aromatic rings. The van der Waals surface area contributed by atoms with Gasteiger partial charge in [0.15, 0.2) is 5.78 Å². The summed E-state index contributed by atoms with van der Waals surface area (Å²) < 4.78 is 5.29. The Morgan fingerprint density at radius 2 is 2.44 bits per heavy atom. The first-order valence-corrected chi connectivity index (χ1v) is 7.41. The van der Waals surface area contributed by atoms with E-state index >= 15 is 0 Å². The Morgan fingerprint density at radius 1 is 1.61 bits per heavy atom. The Kier molecular flexibility index (Phi) is 4.92. The lowest BCUT2D eigenvalue weighted by molar-refractivity contribution is -0.124. The molecule has 0 spiro atoms. The second-order valence-corrected chi connectivity index (χ2v) is 6.14. The van der Waals surface area contributed by atoms with Crippen LogP contribution < -0.4 is 0 Å². The number of ether oxygens (including phenoxy) is 1. The summed E-state index contributed by atoms with van der Waals surface area (Å²) in [6.07, 6.45) is 0.893. The second-order valence-electron chi connectivity index (χ2n) is 5.10.